The first-order chi connectivity index (χ1) is 23.7. The first kappa shape index (κ1) is 41.8. The number of likely N-dealkylation sites (N-methyl/N-ethyl adjacent to an activating group) is 1. The number of aliphatic carboxylic acids is 2. The van der Waals surface area contributed by atoms with E-state index >= 15 is 0 Å². The number of nitrogens with zero attached hydrogens (tertiary/aromatic N) is 2. The van der Waals surface area contributed by atoms with E-state index in [2.05, 4.69) is 20.8 Å². The van der Waals surface area contributed by atoms with Crippen molar-refractivity contribution in [1.82, 2.24) is 20.4 Å². The average molecular weight is 734 g/mol. The van der Waals surface area contributed by atoms with Gasteiger partial charge in [0.05, 0.1) is 17.8 Å². The second kappa shape index (κ2) is 18.6. The fourth-order valence-electron chi connectivity index (χ4n) is 4.01. The number of hydrogen-bond donors (Lipinski definition) is 5. The number of carboxylic acids is 2. The van der Waals surface area contributed by atoms with Gasteiger partial charge in [-0.1, -0.05) is 19.9 Å². The molecule has 2 heterocycles. The molecule has 0 radical (unpaired) electrons. The van der Waals surface area contributed by atoms with Gasteiger partial charge in [-0.25, -0.2) is 9.59 Å². The molecule has 1 atom stereocenters. The number of fused-ring (bicyclic) bond motifs is 1. The number of anilines is 1. The Labute approximate surface area is 287 Å². The van der Waals surface area contributed by atoms with Crippen LogP contribution in [0.3, 0.4) is 0 Å². The van der Waals surface area contributed by atoms with E-state index in [1.54, 1.807) is 18.3 Å². The molecule has 4 rings (SSSR count). The minimum atomic E-state index is -5.08. The topological polar surface area (TPSA) is 183 Å². The summed E-state index contributed by atoms with van der Waals surface area (Å²) in [6, 6.07) is 11.1. The third kappa shape index (κ3) is 14.2. The van der Waals surface area contributed by atoms with Crippen LogP contribution in [0.25, 0.3) is 11.1 Å². The number of carbonyl (C=O) groups is 4. The van der Waals surface area contributed by atoms with Crippen LogP contribution in [0.4, 0.5) is 32.0 Å². The van der Waals surface area contributed by atoms with Crippen LogP contribution < -0.4 is 20.1 Å². The molecule has 0 aliphatic carbocycles. The first-order valence-corrected chi connectivity index (χ1v) is 15.0. The zero-order chi connectivity index (χ0) is 38.5. The molecule has 0 saturated carbocycles. The molecule has 13 nitrogen and oxygen atoms in total. The lowest BCUT2D eigenvalue weighted by Crippen LogP contribution is -2.33. The van der Waals surface area contributed by atoms with E-state index in [9.17, 15) is 35.9 Å². The fraction of sp³-hybridized carbons (Fsp3) is 0.406. The van der Waals surface area contributed by atoms with Crippen LogP contribution in [0.5, 0.6) is 11.5 Å². The van der Waals surface area contributed by atoms with Gasteiger partial charge in [-0.2, -0.15) is 31.4 Å². The number of nitrogens with one attached hydrogen (secondary N) is 3. The zero-order valence-corrected chi connectivity index (χ0v) is 27.8. The first-order valence-electron chi connectivity index (χ1n) is 15.0. The second-order valence-electron chi connectivity index (χ2n) is 11.6. The van der Waals surface area contributed by atoms with E-state index < -0.39 is 30.2 Å². The zero-order valence-electron chi connectivity index (χ0n) is 27.8. The van der Waals surface area contributed by atoms with Crippen molar-refractivity contribution < 1.29 is 65.2 Å². The summed E-state index contributed by atoms with van der Waals surface area (Å²) >= 11 is 0. The number of rotatable bonds is 10. The van der Waals surface area contributed by atoms with Crippen molar-refractivity contribution in [2.75, 3.05) is 45.7 Å². The number of amides is 2. The number of benzene rings is 2. The minimum absolute atomic E-state index is 0.125. The smallest absolute Gasteiger partial charge is 0.490 e. The summed E-state index contributed by atoms with van der Waals surface area (Å²) in [5, 5.41) is 27.1. The molecule has 3 aromatic rings. The lowest BCUT2D eigenvalue weighted by atomic mass is 9.94. The summed E-state index contributed by atoms with van der Waals surface area (Å²) in [5.74, 6) is -4.53. The summed E-state index contributed by atoms with van der Waals surface area (Å²) in [7, 11) is 3.96. The fourth-order valence-corrected chi connectivity index (χ4v) is 4.01. The maximum Gasteiger partial charge on any atom is 0.490 e. The van der Waals surface area contributed by atoms with E-state index in [-0.39, 0.29) is 18.4 Å². The van der Waals surface area contributed by atoms with E-state index in [4.69, 9.17) is 29.3 Å². The Kier molecular flexibility index (Phi) is 15.3. The predicted molar refractivity (Wildman–Crippen MR) is 170 cm³/mol. The van der Waals surface area contributed by atoms with Gasteiger partial charge in [0.25, 0.3) is 5.91 Å². The number of alkyl halides is 6. The summed E-state index contributed by atoms with van der Waals surface area (Å²) in [6.07, 6.45) is -6.13. The van der Waals surface area contributed by atoms with Crippen LogP contribution in [0.15, 0.2) is 48.8 Å². The number of hydrogen-bond acceptors (Lipinski definition) is 8. The van der Waals surface area contributed by atoms with Gasteiger partial charge in [-0.05, 0) is 67.9 Å². The lowest BCUT2D eigenvalue weighted by molar-refractivity contribution is -0.193. The molecule has 280 valence electrons. The highest BCUT2D eigenvalue weighted by Crippen LogP contribution is 2.33. The molecule has 0 fully saturated rings. The van der Waals surface area contributed by atoms with E-state index in [1.165, 1.54) is 0 Å². The van der Waals surface area contributed by atoms with Crippen LogP contribution in [0.2, 0.25) is 0 Å². The van der Waals surface area contributed by atoms with Gasteiger partial charge in [0.1, 0.15) is 24.7 Å². The monoisotopic (exact) mass is 733 g/mol. The van der Waals surface area contributed by atoms with Crippen molar-refractivity contribution >= 4 is 29.4 Å². The molecule has 19 heteroatoms. The van der Waals surface area contributed by atoms with Gasteiger partial charge in [0.15, 0.2) is 0 Å². The van der Waals surface area contributed by atoms with Gasteiger partial charge in [0.2, 0.25) is 5.91 Å². The minimum Gasteiger partial charge on any atom is -0.492 e. The molecule has 0 bridgehead atoms. The molecule has 1 aliphatic heterocycles. The molecule has 1 aliphatic rings. The number of carbonyl (C=O) groups excluding carboxylic acids is 2. The molecule has 0 spiro atoms. The number of carboxylic acid groups (broad SMARTS) is 2. The van der Waals surface area contributed by atoms with Crippen LogP contribution in [0.1, 0.15) is 29.8 Å². The number of aromatic nitrogens is 2. The number of aromatic amines is 1. The Hall–Kier alpha value is -5.33. The van der Waals surface area contributed by atoms with Crippen molar-refractivity contribution in [1.29, 1.82) is 0 Å². The maximum atomic E-state index is 13.3. The molecular weight excluding hydrogens is 696 g/mol. The summed E-state index contributed by atoms with van der Waals surface area (Å²) in [4.78, 5) is 45.6. The predicted octanol–water partition coefficient (Wildman–Crippen LogP) is 4.86. The number of halogens is 6. The van der Waals surface area contributed by atoms with Gasteiger partial charge in [-0.3, -0.25) is 14.7 Å². The second-order valence-corrected chi connectivity index (χ2v) is 11.6. The Morgan fingerprint density at radius 2 is 1.63 bits per heavy atom. The summed E-state index contributed by atoms with van der Waals surface area (Å²) in [5.41, 5.74) is 3.88. The number of ether oxygens (including phenoxy) is 2. The Morgan fingerprint density at radius 3 is 2.16 bits per heavy atom. The van der Waals surface area contributed by atoms with Crippen molar-refractivity contribution in [3.05, 3.63) is 59.9 Å². The SMILES string of the molecule is CC(C)CNC(=O)c1ccc2c(c1)CC(C(=O)Nc1ccc(-c3cn[nH]c3)cc1OCCN(C)C)CO2.O=C(O)C(F)(F)F.O=C(O)C(F)(F)F. The molecule has 5 N–H and O–H groups in total. The van der Waals surface area contributed by atoms with Crippen molar-refractivity contribution in [2.24, 2.45) is 11.8 Å². The van der Waals surface area contributed by atoms with E-state index in [1.807, 2.05) is 63.3 Å². The van der Waals surface area contributed by atoms with Gasteiger partial charge in [-0.15, -0.1) is 0 Å². The van der Waals surface area contributed by atoms with E-state index in [0.717, 1.165) is 23.2 Å². The molecule has 1 unspecified atom stereocenters. The van der Waals surface area contributed by atoms with Crippen molar-refractivity contribution in [2.45, 2.75) is 32.6 Å². The van der Waals surface area contributed by atoms with E-state index in [0.29, 0.717) is 48.2 Å². The van der Waals surface area contributed by atoms with Crippen LogP contribution >= 0.6 is 0 Å². The highest BCUT2D eigenvalue weighted by atomic mass is 19.4. The maximum absolute atomic E-state index is 13.3. The highest BCUT2D eigenvalue weighted by Gasteiger charge is 2.39. The third-order valence-electron chi connectivity index (χ3n) is 6.62. The molecule has 2 aromatic carbocycles. The van der Waals surface area contributed by atoms with Gasteiger partial charge in [0, 0.05) is 30.4 Å². The average Bonchev–Trinajstić information content (AvgIpc) is 3.58. The number of H-pyrrole nitrogens is 1. The van der Waals surface area contributed by atoms with Crippen molar-refractivity contribution in [3.63, 3.8) is 0 Å². The quantitative estimate of drug-likeness (QED) is 0.181. The lowest BCUT2D eigenvalue weighted by Gasteiger charge is -2.25. The normalized spacial score (nSPS) is 13.8. The molecule has 51 heavy (non-hydrogen) atoms. The van der Waals surface area contributed by atoms with Gasteiger partial charge >= 0.3 is 24.3 Å². The standard InChI is InChI=1S/C28H35N5O4.2C2HF3O2/c1-18(2)14-29-27(34)20-6-8-25-21(11-20)12-22(17-37-25)28(35)32-24-7-5-19(23-15-30-31-16-23)13-26(24)36-10-9-33(3)4;2*3-2(4,5)1(6)7/h5-8,11,13,15-16,18,22H,9-10,12,14,17H2,1-4H3,(H,29,34)(H,30,31)(H,32,35);2*(H,6,7). The Balaban J connectivity index is 0.000000543. The summed E-state index contributed by atoms with van der Waals surface area (Å²) < 4.78 is 75.4. The Bertz CT molecular complexity index is 1610. The Morgan fingerprint density at radius 1 is 1.00 bits per heavy atom. The van der Waals surface area contributed by atoms with Crippen LogP contribution in [-0.2, 0) is 20.8 Å². The van der Waals surface area contributed by atoms with Crippen molar-refractivity contribution in [3.8, 4) is 22.6 Å². The van der Waals surface area contributed by atoms with Gasteiger partial charge < -0.3 is 35.2 Å². The molecular formula is C32H37F6N5O8. The van der Waals surface area contributed by atoms with Crippen LogP contribution in [0, 0.1) is 11.8 Å². The highest BCUT2D eigenvalue weighted by molar-refractivity contribution is 5.96. The largest absolute Gasteiger partial charge is 0.492 e. The molecule has 0 saturated heterocycles. The summed E-state index contributed by atoms with van der Waals surface area (Å²) in [6.45, 7) is 6.19. The molecule has 1 aromatic heterocycles. The molecule has 2 amide bonds. The van der Waals surface area contributed by atoms with Crippen LogP contribution in [-0.4, -0.2) is 102 Å². The third-order valence-corrected chi connectivity index (χ3v) is 6.62.